The first-order valence-corrected chi connectivity index (χ1v) is 6.47. The van der Waals surface area contributed by atoms with Crippen LogP contribution in [-0.2, 0) is 4.79 Å². The van der Waals surface area contributed by atoms with Crippen LogP contribution in [0.25, 0.3) is 0 Å². The number of piperidine rings is 1. The highest BCUT2D eigenvalue weighted by molar-refractivity contribution is 9.11. The van der Waals surface area contributed by atoms with Crippen molar-refractivity contribution in [3.8, 4) is 0 Å². The average molecular weight is 329 g/mol. The van der Waals surface area contributed by atoms with Gasteiger partial charge in [-0.25, -0.2) is 0 Å². The predicted molar refractivity (Wildman–Crippen MR) is 66.3 cm³/mol. The Balaban J connectivity index is 2.41. The summed E-state index contributed by atoms with van der Waals surface area (Å²) in [5, 5.41) is 1.94. The number of likely N-dealkylation sites (tertiary alicyclic amines) is 1. The third kappa shape index (κ3) is 5.86. The minimum atomic E-state index is -4.35. The highest BCUT2D eigenvalue weighted by Crippen LogP contribution is 2.19. The third-order valence-electron chi connectivity index (χ3n) is 2.73. The molecule has 0 bridgehead atoms. The molecule has 0 aliphatic carbocycles. The normalized spacial score (nSPS) is 21.7. The maximum atomic E-state index is 12.0. The van der Waals surface area contributed by atoms with Gasteiger partial charge in [0.1, 0.15) is 6.54 Å². The van der Waals surface area contributed by atoms with Crippen LogP contribution in [0.15, 0.2) is 11.1 Å². The molecule has 0 aromatic carbocycles. The quantitative estimate of drug-likeness (QED) is 0.858. The number of nitrogens with one attached hydrogen (secondary N) is 1. The van der Waals surface area contributed by atoms with Gasteiger partial charge >= 0.3 is 6.18 Å². The van der Waals surface area contributed by atoms with Gasteiger partial charge in [0.2, 0.25) is 5.91 Å². The minimum absolute atomic E-state index is 0.368. The number of hydrogen-bond acceptors (Lipinski definition) is 2. The van der Waals surface area contributed by atoms with Crippen molar-refractivity contribution < 1.29 is 18.0 Å². The lowest BCUT2D eigenvalue weighted by Gasteiger charge is -2.31. The summed E-state index contributed by atoms with van der Waals surface area (Å²) in [5.41, 5.74) is 0. The molecule has 7 heteroatoms. The number of rotatable bonds is 4. The van der Waals surface area contributed by atoms with Gasteiger partial charge in [-0.1, -0.05) is 22.5 Å². The Morgan fingerprint density at radius 3 is 2.72 bits per heavy atom. The summed E-state index contributed by atoms with van der Waals surface area (Å²) >= 11 is 3.24. The topological polar surface area (TPSA) is 32.3 Å². The number of hydrogen-bond donors (Lipinski definition) is 1. The van der Waals surface area contributed by atoms with Gasteiger partial charge in [0.25, 0.3) is 0 Å². The van der Waals surface area contributed by atoms with Crippen molar-refractivity contribution >= 4 is 21.8 Å². The third-order valence-corrected chi connectivity index (χ3v) is 2.99. The Morgan fingerprint density at radius 1 is 1.50 bits per heavy atom. The average Bonchev–Trinajstić information content (AvgIpc) is 2.24. The molecular weight excluding hydrogens is 313 g/mol. The number of halogens is 4. The standard InChI is InChI=1S/C11H16BrF3N2O/c1-8(12)5-17-4-2-3-9(6-17)10(18)16-7-11(13,14)15/h9H,1-7H2,(H,16,18)/t9-/m1/s1. The number of alkyl halides is 3. The molecule has 1 saturated heterocycles. The van der Waals surface area contributed by atoms with E-state index in [1.807, 2.05) is 10.2 Å². The number of carbonyl (C=O) groups is 1. The lowest BCUT2D eigenvalue weighted by Crippen LogP contribution is -2.45. The summed E-state index contributed by atoms with van der Waals surface area (Å²) in [7, 11) is 0. The van der Waals surface area contributed by atoms with Crippen LogP contribution >= 0.6 is 15.9 Å². The van der Waals surface area contributed by atoms with Crippen LogP contribution in [0.2, 0.25) is 0 Å². The van der Waals surface area contributed by atoms with Gasteiger partial charge in [0.15, 0.2) is 0 Å². The molecule has 0 radical (unpaired) electrons. The fourth-order valence-electron chi connectivity index (χ4n) is 1.99. The molecule has 1 fully saturated rings. The lowest BCUT2D eigenvalue weighted by molar-refractivity contribution is -0.141. The van der Waals surface area contributed by atoms with Gasteiger partial charge in [-0.3, -0.25) is 9.69 Å². The van der Waals surface area contributed by atoms with E-state index < -0.39 is 18.6 Å². The molecular formula is C11H16BrF3N2O. The van der Waals surface area contributed by atoms with Crippen LogP contribution in [0, 0.1) is 5.92 Å². The van der Waals surface area contributed by atoms with E-state index in [2.05, 4.69) is 22.5 Å². The highest BCUT2D eigenvalue weighted by Gasteiger charge is 2.31. The largest absolute Gasteiger partial charge is 0.405 e. The first-order valence-electron chi connectivity index (χ1n) is 5.68. The zero-order valence-corrected chi connectivity index (χ0v) is 11.5. The minimum Gasteiger partial charge on any atom is -0.347 e. The molecule has 0 saturated carbocycles. The van der Waals surface area contributed by atoms with Gasteiger partial charge in [-0.15, -0.1) is 0 Å². The van der Waals surface area contributed by atoms with Gasteiger partial charge in [-0.05, 0) is 19.4 Å². The molecule has 104 valence electrons. The Labute approximate surface area is 113 Å². The predicted octanol–water partition coefficient (Wildman–Crippen LogP) is 2.29. The van der Waals surface area contributed by atoms with Crippen LogP contribution in [0.4, 0.5) is 13.2 Å². The molecule has 1 atom stereocenters. The highest BCUT2D eigenvalue weighted by atomic mass is 79.9. The summed E-state index contributed by atoms with van der Waals surface area (Å²) in [4.78, 5) is 13.6. The zero-order chi connectivity index (χ0) is 13.8. The summed E-state index contributed by atoms with van der Waals surface area (Å²) < 4.78 is 36.8. The van der Waals surface area contributed by atoms with Crippen LogP contribution in [0.1, 0.15) is 12.8 Å². The maximum absolute atomic E-state index is 12.0. The second-order valence-corrected chi connectivity index (χ2v) is 5.55. The molecule has 1 aliphatic heterocycles. The number of carbonyl (C=O) groups excluding carboxylic acids is 1. The maximum Gasteiger partial charge on any atom is 0.405 e. The van der Waals surface area contributed by atoms with Crippen molar-refractivity contribution in [3.63, 3.8) is 0 Å². The summed E-state index contributed by atoms with van der Waals surface area (Å²) in [6, 6.07) is 0. The van der Waals surface area contributed by atoms with E-state index in [-0.39, 0.29) is 5.92 Å². The second-order valence-electron chi connectivity index (χ2n) is 4.42. The van der Waals surface area contributed by atoms with Crippen molar-refractivity contribution in [2.24, 2.45) is 5.92 Å². The van der Waals surface area contributed by atoms with Gasteiger partial charge < -0.3 is 5.32 Å². The molecule has 1 amide bonds. The molecule has 0 aromatic heterocycles. The van der Waals surface area contributed by atoms with Gasteiger partial charge in [0, 0.05) is 17.6 Å². The van der Waals surface area contributed by atoms with Crippen molar-refractivity contribution in [1.29, 1.82) is 0 Å². The summed E-state index contributed by atoms with van der Waals surface area (Å²) in [5.74, 6) is -0.884. The van der Waals surface area contributed by atoms with Crippen LogP contribution in [0.5, 0.6) is 0 Å². The Hall–Kier alpha value is -0.560. The molecule has 0 unspecified atom stereocenters. The molecule has 1 N–H and O–H groups in total. The second kappa shape index (κ2) is 6.56. The first-order chi connectivity index (χ1) is 8.28. The molecule has 1 heterocycles. The van der Waals surface area contributed by atoms with Crippen LogP contribution in [0.3, 0.4) is 0 Å². The molecule has 0 spiro atoms. The number of amides is 1. The fourth-order valence-corrected chi connectivity index (χ4v) is 2.34. The first kappa shape index (κ1) is 15.5. The van der Waals surface area contributed by atoms with E-state index in [0.29, 0.717) is 19.5 Å². The van der Waals surface area contributed by atoms with Crippen molar-refractivity contribution in [3.05, 3.63) is 11.1 Å². The van der Waals surface area contributed by atoms with E-state index >= 15 is 0 Å². The lowest BCUT2D eigenvalue weighted by atomic mass is 9.97. The van der Waals surface area contributed by atoms with Crippen LogP contribution in [-0.4, -0.2) is 43.2 Å². The fraction of sp³-hybridized carbons (Fsp3) is 0.727. The van der Waals surface area contributed by atoms with E-state index in [0.717, 1.165) is 17.4 Å². The van der Waals surface area contributed by atoms with Crippen molar-refractivity contribution in [1.82, 2.24) is 10.2 Å². The van der Waals surface area contributed by atoms with Gasteiger partial charge in [0.05, 0.1) is 5.92 Å². The Morgan fingerprint density at radius 2 is 2.17 bits per heavy atom. The smallest absolute Gasteiger partial charge is 0.347 e. The Bertz CT molecular complexity index is 320. The van der Waals surface area contributed by atoms with E-state index in [1.54, 1.807) is 0 Å². The molecule has 1 aliphatic rings. The molecule has 18 heavy (non-hydrogen) atoms. The van der Waals surface area contributed by atoms with Gasteiger partial charge in [-0.2, -0.15) is 13.2 Å². The summed E-state index contributed by atoms with van der Waals surface area (Å²) in [6.07, 6.45) is -2.91. The zero-order valence-electron chi connectivity index (χ0n) is 9.89. The monoisotopic (exact) mass is 328 g/mol. The Kier molecular flexibility index (Phi) is 5.65. The van der Waals surface area contributed by atoms with E-state index in [1.165, 1.54) is 0 Å². The SMILES string of the molecule is C=C(Br)CN1CCC[C@@H](C(=O)NCC(F)(F)F)C1. The molecule has 1 rings (SSSR count). The van der Waals surface area contributed by atoms with Crippen molar-refractivity contribution in [2.45, 2.75) is 19.0 Å². The molecule has 3 nitrogen and oxygen atoms in total. The number of nitrogens with zero attached hydrogens (tertiary/aromatic N) is 1. The van der Waals surface area contributed by atoms with E-state index in [4.69, 9.17) is 0 Å². The van der Waals surface area contributed by atoms with Crippen molar-refractivity contribution in [2.75, 3.05) is 26.2 Å². The summed E-state index contributed by atoms with van der Waals surface area (Å²) in [6.45, 7) is 4.39. The molecule has 0 aromatic rings. The van der Waals surface area contributed by atoms with Crippen LogP contribution < -0.4 is 5.32 Å². The van der Waals surface area contributed by atoms with E-state index in [9.17, 15) is 18.0 Å².